The van der Waals surface area contributed by atoms with Gasteiger partial charge >= 0.3 is 0 Å². The number of para-hydroxylation sites is 1. The molecule has 0 aromatic heterocycles. The Kier molecular flexibility index (Phi) is 7.73. The predicted octanol–water partition coefficient (Wildman–Crippen LogP) is 10.6. The van der Waals surface area contributed by atoms with Gasteiger partial charge in [-0.3, -0.25) is 0 Å². The minimum Gasteiger partial charge on any atom is -0.315 e. The lowest BCUT2D eigenvalue weighted by molar-refractivity contribution is 0.519. The SMILES string of the molecule is CC(C)(C1=CCCC(N2c3cc(C(C)(C)c4ccccc4)ccc3B3c4ccccc4N(C4=CCCC=C4)c4cccc2c43)=C1)C1=CC=CCC1. The van der Waals surface area contributed by atoms with Crippen LogP contribution in [-0.4, -0.2) is 6.71 Å². The zero-order chi connectivity index (χ0) is 34.7. The number of hydrogen-bond donors (Lipinski definition) is 0. The molecule has 0 saturated heterocycles. The van der Waals surface area contributed by atoms with E-state index in [0.717, 1.165) is 38.5 Å². The maximum atomic E-state index is 2.66. The topological polar surface area (TPSA) is 6.48 Å². The molecule has 4 aromatic carbocycles. The fourth-order valence-electron chi connectivity index (χ4n) is 9.25. The van der Waals surface area contributed by atoms with E-state index in [2.05, 4.69) is 177 Å². The molecular formula is C48H47BN2. The van der Waals surface area contributed by atoms with E-state index in [1.54, 1.807) is 0 Å². The fourth-order valence-corrected chi connectivity index (χ4v) is 9.25. The number of benzene rings is 4. The summed E-state index contributed by atoms with van der Waals surface area (Å²) in [6, 6.07) is 34.6. The van der Waals surface area contributed by atoms with Crippen molar-refractivity contribution in [3.05, 3.63) is 173 Å². The van der Waals surface area contributed by atoms with E-state index >= 15 is 0 Å². The zero-order valence-electron chi connectivity index (χ0n) is 30.5. The van der Waals surface area contributed by atoms with E-state index in [4.69, 9.17) is 0 Å². The van der Waals surface area contributed by atoms with Gasteiger partial charge in [0.2, 0.25) is 0 Å². The molecule has 0 radical (unpaired) electrons. The molecule has 4 aromatic rings. The highest BCUT2D eigenvalue weighted by Gasteiger charge is 2.44. The highest BCUT2D eigenvalue weighted by molar-refractivity contribution is 7.00. The van der Waals surface area contributed by atoms with Gasteiger partial charge in [0.25, 0.3) is 6.71 Å². The third kappa shape index (κ3) is 5.15. The molecule has 2 nitrogen and oxygen atoms in total. The van der Waals surface area contributed by atoms with Crippen molar-refractivity contribution in [1.29, 1.82) is 0 Å². The molecule has 252 valence electrons. The molecule has 0 unspecified atom stereocenters. The lowest BCUT2D eigenvalue weighted by Crippen LogP contribution is -2.62. The molecule has 3 aliphatic carbocycles. The first kappa shape index (κ1) is 31.9. The Bertz CT molecular complexity index is 2220. The summed E-state index contributed by atoms with van der Waals surface area (Å²) in [5.41, 5.74) is 17.5. The molecule has 5 aliphatic rings. The van der Waals surface area contributed by atoms with E-state index < -0.39 is 0 Å². The Morgan fingerprint density at radius 3 is 2.14 bits per heavy atom. The number of allylic oxidation sites excluding steroid dienone is 11. The van der Waals surface area contributed by atoms with Crippen molar-refractivity contribution in [2.75, 3.05) is 9.80 Å². The largest absolute Gasteiger partial charge is 0.315 e. The van der Waals surface area contributed by atoms with Gasteiger partial charge in [0.15, 0.2) is 0 Å². The van der Waals surface area contributed by atoms with Gasteiger partial charge in [0.1, 0.15) is 0 Å². The van der Waals surface area contributed by atoms with Crippen molar-refractivity contribution < 1.29 is 0 Å². The minimum absolute atomic E-state index is 0.0274. The van der Waals surface area contributed by atoms with Crippen molar-refractivity contribution in [2.45, 2.75) is 71.6 Å². The molecule has 2 aliphatic heterocycles. The van der Waals surface area contributed by atoms with Gasteiger partial charge in [-0.1, -0.05) is 136 Å². The maximum Gasteiger partial charge on any atom is 0.252 e. The third-order valence-corrected chi connectivity index (χ3v) is 12.3. The molecule has 9 rings (SSSR count). The molecule has 0 saturated carbocycles. The second-order valence-corrected chi connectivity index (χ2v) is 15.9. The van der Waals surface area contributed by atoms with Crippen molar-refractivity contribution in [3.63, 3.8) is 0 Å². The van der Waals surface area contributed by atoms with Crippen LogP contribution in [0.25, 0.3) is 0 Å². The summed E-state index contributed by atoms with van der Waals surface area (Å²) < 4.78 is 0. The quantitative estimate of drug-likeness (QED) is 0.190. The van der Waals surface area contributed by atoms with Crippen LogP contribution in [0, 0.1) is 5.41 Å². The van der Waals surface area contributed by atoms with E-state index in [1.807, 2.05) is 0 Å². The van der Waals surface area contributed by atoms with Crippen molar-refractivity contribution in [3.8, 4) is 0 Å². The molecule has 0 N–H and O–H groups in total. The highest BCUT2D eigenvalue weighted by atomic mass is 15.2. The number of hydrogen-bond acceptors (Lipinski definition) is 2. The summed E-state index contributed by atoms with van der Waals surface area (Å²) in [4.78, 5) is 5.19. The first-order chi connectivity index (χ1) is 24.8. The van der Waals surface area contributed by atoms with Crippen LogP contribution in [0.15, 0.2) is 162 Å². The van der Waals surface area contributed by atoms with Gasteiger partial charge in [0, 0.05) is 45.0 Å². The lowest BCUT2D eigenvalue weighted by atomic mass is 9.33. The standard InChI is InChI=1S/C48H47BN2/c1-47(2,34-18-8-5-9-19-34)36-22-16-25-39(32-36)51-44-29-17-28-43-46(44)49(40-26-14-15-27-42(40)50(43)38-23-12-7-13-24-38)41-31-30-37(33-45(41)51)48(3,4)35-20-10-6-11-21-35/h5-6,8,10-12,14-15,17-18,20-24,26-33H,7,9,13,16,19,25H2,1-4H3. The summed E-state index contributed by atoms with van der Waals surface area (Å²) in [5, 5.41) is 0. The Morgan fingerprint density at radius 2 is 1.35 bits per heavy atom. The van der Waals surface area contributed by atoms with Crippen LogP contribution < -0.4 is 26.2 Å². The van der Waals surface area contributed by atoms with E-state index in [9.17, 15) is 0 Å². The fraction of sp³-hybridized carbons (Fsp3) is 0.250. The lowest BCUT2D eigenvalue weighted by Gasteiger charge is -2.46. The molecule has 0 fully saturated rings. The van der Waals surface area contributed by atoms with Gasteiger partial charge in [0.05, 0.1) is 0 Å². The number of nitrogens with zero attached hydrogens (tertiary/aromatic N) is 2. The molecule has 0 amide bonds. The molecule has 51 heavy (non-hydrogen) atoms. The van der Waals surface area contributed by atoms with Crippen LogP contribution in [-0.2, 0) is 5.41 Å². The Hall–Kier alpha value is -5.02. The second kappa shape index (κ2) is 12.3. The monoisotopic (exact) mass is 662 g/mol. The van der Waals surface area contributed by atoms with Crippen molar-refractivity contribution in [2.24, 2.45) is 5.41 Å². The Balaban J connectivity index is 1.28. The summed E-state index contributed by atoms with van der Waals surface area (Å²) in [6.07, 6.45) is 25.5. The summed E-state index contributed by atoms with van der Waals surface area (Å²) in [5.74, 6) is 0. The molecule has 0 spiro atoms. The van der Waals surface area contributed by atoms with Crippen LogP contribution >= 0.6 is 0 Å². The Labute approximate surface area is 305 Å². The summed E-state index contributed by atoms with van der Waals surface area (Å²) in [7, 11) is 0. The maximum absolute atomic E-state index is 2.66. The number of rotatable bonds is 6. The molecule has 0 bridgehead atoms. The van der Waals surface area contributed by atoms with E-state index in [1.165, 1.54) is 72.8 Å². The van der Waals surface area contributed by atoms with Gasteiger partial charge in [-0.25, -0.2) is 0 Å². The van der Waals surface area contributed by atoms with Crippen molar-refractivity contribution in [1.82, 2.24) is 0 Å². The Morgan fingerprint density at radius 1 is 0.588 bits per heavy atom. The van der Waals surface area contributed by atoms with Crippen LogP contribution in [0.3, 0.4) is 0 Å². The molecule has 0 atom stereocenters. The van der Waals surface area contributed by atoms with E-state index in [0.29, 0.717) is 0 Å². The van der Waals surface area contributed by atoms with Gasteiger partial charge in [-0.2, -0.15) is 0 Å². The molecular weight excluding hydrogens is 615 g/mol. The summed E-state index contributed by atoms with van der Waals surface area (Å²) in [6.45, 7) is 9.74. The average molecular weight is 663 g/mol. The zero-order valence-corrected chi connectivity index (χ0v) is 30.5. The second-order valence-electron chi connectivity index (χ2n) is 15.9. The van der Waals surface area contributed by atoms with Crippen LogP contribution in [0.5, 0.6) is 0 Å². The van der Waals surface area contributed by atoms with Crippen molar-refractivity contribution >= 4 is 45.9 Å². The van der Waals surface area contributed by atoms with E-state index in [-0.39, 0.29) is 17.5 Å². The van der Waals surface area contributed by atoms with Crippen LogP contribution in [0.2, 0.25) is 0 Å². The third-order valence-electron chi connectivity index (χ3n) is 12.3. The first-order valence-electron chi connectivity index (χ1n) is 19.0. The number of fused-ring (bicyclic) bond motifs is 4. The van der Waals surface area contributed by atoms with Crippen LogP contribution in [0.1, 0.15) is 77.3 Å². The number of anilines is 4. The molecule has 2 heterocycles. The van der Waals surface area contributed by atoms with Gasteiger partial charge in [-0.15, -0.1) is 0 Å². The first-order valence-corrected chi connectivity index (χ1v) is 19.0. The predicted molar refractivity (Wildman–Crippen MR) is 219 cm³/mol. The average Bonchev–Trinajstić information content (AvgIpc) is 3.18. The highest BCUT2D eigenvalue weighted by Crippen LogP contribution is 2.47. The normalized spacial score (nSPS) is 17.9. The van der Waals surface area contributed by atoms with Gasteiger partial charge in [-0.05, 0) is 108 Å². The summed E-state index contributed by atoms with van der Waals surface area (Å²) >= 11 is 0. The van der Waals surface area contributed by atoms with Gasteiger partial charge < -0.3 is 9.80 Å². The van der Waals surface area contributed by atoms with Crippen LogP contribution in [0.4, 0.5) is 22.7 Å². The minimum atomic E-state index is -0.153. The molecule has 3 heteroatoms. The smallest absolute Gasteiger partial charge is 0.252 e.